The van der Waals surface area contributed by atoms with Gasteiger partial charge in [-0.15, -0.1) is 0 Å². The van der Waals surface area contributed by atoms with Crippen molar-refractivity contribution in [3.63, 3.8) is 0 Å². The summed E-state index contributed by atoms with van der Waals surface area (Å²) < 4.78 is 7.86. The Morgan fingerprint density at radius 1 is 0.792 bits per heavy atom. The Kier molecular flexibility index (Phi) is 10.9. The van der Waals surface area contributed by atoms with Gasteiger partial charge in [0, 0.05) is 63.4 Å². The number of carbonyl (C=O) groups is 1. The molecule has 0 unspecified atom stereocenters. The molecular weight excluding hydrogens is 598 g/mol. The number of hydrogen-bond donors (Lipinski definition) is 3. The highest BCUT2D eigenvalue weighted by Crippen LogP contribution is 2.23. The van der Waals surface area contributed by atoms with Gasteiger partial charge in [-0.1, -0.05) is 78.9 Å². The molecule has 0 atom stereocenters. The van der Waals surface area contributed by atoms with Crippen LogP contribution < -0.4 is 11.5 Å². The summed E-state index contributed by atoms with van der Waals surface area (Å²) in [5.74, 6) is 1.05. The van der Waals surface area contributed by atoms with E-state index in [0.29, 0.717) is 25.2 Å². The molecule has 0 aliphatic carbocycles. The first-order valence-electron chi connectivity index (χ1n) is 16.8. The number of nitrogens with zero attached hydrogens (tertiary/aromatic N) is 4. The van der Waals surface area contributed by atoms with E-state index in [0.717, 1.165) is 97.8 Å². The number of benzene rings is 4. The number of carbonyl (C=O) groups excluding carboxylic acids is 1. The minimum atomic E-state index is -0.0300. The molecule has 1 aromatic heterocycles. The van der Waals surface area contributed by atoms with Crippen molar-refractivity contribution < 1.29 is 9.53 Å². The summed E-state index contributed by atoms with van der Waals surface area (Å²) >= 11 is 0. The fraction of sp³-hybridized carbons (Fsp3) is 0.308. The summed E-state index contributed by atoms with van der Waals surface area (Å²) in [6.07, 6.45) is 2.57. The average Bonchev–Trinajstić information content (AvgIpc) is 3.48. The van der Waals surface area contributed by atoms with Crippen LogP contribution in [0.3, 0.4) is 0 Å². The molecule has 0 saturated carbocycles. The standard InChI is InChI=1S/C39H45N7O2/c40-26-30-7-9-32(10-8-30)28-45(27-31-5-2-1-3-6-31)39(47)34-16-17-36-35(25-34)43-37(18-13-29-11-14-33(15-12-29)38(41)42)46(36)20-4-19-44-21-23-48-24-22-44/h1-3,5-12,14-17,25H,4,13,18-24,26-28,40H2,(H3,41,42). The van der Waals surface area contributed by atoms with E-state index in [-0.39, 0.29) is 11.7 Å². The summed E-state index contributed by atoms with van der Waals surface area (Å²) in [5.41, 5.74) is 19.1. The van der Waals surface area contributed by atoms with Crippen LogP contribution in [0.15, 0.2) is 97.1 Å². The van der Waals surface area contributed by atoms with E-state index in [1.165, 1.54) is 5.56 Å². The Morgan fingerprint density at radius 2 is 1.44 bits per heavy atom. The molecule has 9 heteroatoms. The average molecular weight is 644 g/mol. The Bertz CT molecular complexity index is 1810. The van der Waals surface area contributed by atoms with Crippen molar-refractivity contribution in [3.05, 3.63) is 136 Å². The number of nitrogens with one attached hydrogen (secondary N) is 1. The van der Waals surface area contributed by atoms with Crippen molar-refractivity contribution in [1.29, 1.82) is 5.41 Å². The third-order valence-electron chi connectivity index (χ3n) is 9.07. The largest absolute Gasteiger partial charge is 0.384 e. The Morgan fingerprint density at radius 3 is 2.12 bits per heavy atom. The van der Waals surface area contributed by atoms with Crippen molar-refractivity contribution in [2.75, 3.05) is 32.8 Å². The summed E-state index contributed by atoms with van der Waals surface area (Å²) in [6.45, 7) is 6.84. The molecule has 48 heavy (non-hydrogen) atoms. The van der Waals surface area contributed by atoms with E-state index >= 15 is 0 Å². The number of aromatic nitrogens is 2. The molecule has 1 fully saturated rings. The first-order chi connectivity index (χ1) is 23.5. The molecule has 5 N–H and O–H groups in total. The Hall–Kier alpha value is -4.83. The molecule has 1 saturated heterocycles. The molecule has 0 bridgehead atoms. The number of nitrogen functional groups attached to an aromatic ring is 1. The minimum absolute atomic E-state index is 0.0300. The molecule has 1 aliphatic rings. The predicted octanol–water partition coefficient (Wildman–Crippen LogP) is 5.13. The number of imidazole rings is 1. The van der Waals surface area contributed by atoms with Gasteiger partial charge in [0.25, 0.3) is 5.91 Å². The van der Waals surface area contributed by atoms with Gasteiger partial charge in [-0.2, -0.15) is 0 Å². The predicted molar refractivity (Wildman–Crippen MR) is 191 cm³/mol. The number of morpholine rings is 1. The summed E-state index contributed by atoms with van der Waals surface area (Å²) in [6, 6.07) is 32.1. The SMILES string of the molecule is N=C(N)c1ccc(CCc2nc3cc(C(=O)N(Cc4ccccc4)Cc4ccc(CN)cc4)ccc3n2CCCN2CCOCC2)cc1. The second kappa shape index (κ2) is 15.8. The highest BCUT2D eigenvalue weighted by atomic mass is 16.5. The maximum absolute atomic E-state index is 14.2. The monoisotopic (exact) mass is 643 g/mol. The van der Waals surface area contributed by atoms with Gasteiger partial charge >= 0.3 is 0 Å². The fourth-order valence-corrected chi connectivity index (χ4v) is 6.32. The maximum atomic E-state index is 14.2. The third kappa shape index (κ3) is 8.36. The molecule has 9 nitrogen and oxygen atoms in total. The molecule has 248 valence electrons. The lowest BCUT2D eigenvalue weighted by molar-refractivity contribution is 0.0369. The third-order valence-corrected chi connectivity index (χ3v) is 9.07. The number of fused-ring (bicyclic) bond motifs is 1. The Labute approximate surface area is 282 Å². The van der Waals surface area contributed by atoms with E-state index in [2.05, 4.69) is 39.8 Å². The van der Waals surface area contributed by atoms with Crippen LogP contribution in [0.1, 0.15) is 50.4 Å². The number of ether oxygens (including phenoxy) is 1. The van der Waals surface area contributed by atoms with E-state index in [1.54, 1.807) is 0 Å². The molecule has 1 aliphatic heterocycles. The van der Waals surface area contributed by atoms with Crippen molar-refractivity contribution in [2.45, 2.75) is 45.4 Å². The lowest BCUT2D eigenvalue weighted by Crippen LogP contribution is -2.37. The van der Waals surface area contributed by atoms with Gasteiger partial charge < -0.3 is 25.7 Å². The van der Waals surface area contributed by atoms with Gasteiger partial charge in [-0.25, -0.2) is 4.98 Å². The van der Waals surface area contributed by atoms with E-state index in [9.17, 15) is 4.79 Å². The van der Waals surface area contributed by atoms with Crippen LogP contribution in [0.4, 0.5) is 0 Å². The number of rotatable bonds is 14. The smallest absolute Gasteiger partial charge is 0.254 e. The summed E-state index contributed by atoms with van der Waals surface area (Å²) in [7, 11) is 0. The molecule has 5 aromatic rings. The van der Waals surface area contributed by atoms with Crippen LogP contribution in [-0.4, -0.2) is 63.9 Å². The van der Waals surface area contributed by atoms with Crippen LogP contribution in [0.2, 0.25) is 0 Å². The van der Waals surface area contributed by atoms with Crippen molar-refractivity contribution >= 4 is 22.8 Å². The number of hydrogen-bond acceptors (Lipinski definition) is 6. The van der Waals surface area contributed by atoms with Crippen LogP contribution in [0, 0.1) is 5.41 Å². The maximum Gasteiger partial charge on any atom is 0.254 e. The van der Waals surface area contributed by atoms with E-state index in [4.69, 9.17) is 26.6 Å². The minimum Gasteiger partial charge on any atom is -0.384 e. The molecule has 1 amide bonds. The first-order valence-corrected chi connectivity index (χ1v) is 16.8. The van der Waals surface area contributed by atoms with Gasteiger partial charge in [0.05, 0.1) is 24.2 Å². The van der Waals surface area contributed by atoms with E-state index < -0.39 is 0 Å². The van der Waals surface area contributed by atoms with E-state index in [1.807, 2.05) is 71.6 Å². The number of aryl methyl sites for hydroxylation is 3. The summed E-state index contributed by atoms with van der Waals surface area (Å²) in [4.78, 5) is 23.7. The molecular formula is C39H45N7O2. The topological polar surface area (TPSA) is 126 Å². The fourth-order valence-electron chi connectivity index (χ4n) is 6.32. The molecule has 0 spiro atoms. The van der Waals surface area contributed by atoms with Gasteiger partial charge in [0.1, 0.15) is 11.7 Å². The van der Waals surface area contributed by atoms with Gasteiger partial charge in [-0.05, 0) is 53.3 Å². The van der Waals surface area contributed by atoms with Crippen LogP contribution in [-0.2, 0) is 43.8 Å². The zero-order valence-electron chi connectivity index (χ0n) is 27.5. The molecule has 4 aromatic carbocycles. The highest BCUT2D eigenvalue weighted by molar-refractivity contribution is 5.97. The van der Waals surface area contributed by atoms with Gasteiger partial charge in [0.15, 0.2) is 0 Å². The number of amides is 1. The second-order valence-corrected chi connectivity index (χ2v) is 12.5. The molecule has 0 radical (unpaired) electrons. The number of amidine groups is 1. The number of nitrogens with two attached hydrogens (primary N) is 2. The van der Waals surface area contributed by atoms with Crippen molar-refractivity contribution in [3.8, 4) is 0 Å². The normalized spacial score (nSPS) is 13.5. The zero-order chi connectivity index (χ0) is 33.3. The quantitative estimate of drug-likeness (QED) is 0.114. The van der Waals surface area contributed by atoms with Crippen molar-refractivity contribution in [1.82, 2.24) is 19.4 Å². The van der Waals surface area contributed by atoms with Gasteiger partial charge in [-0.3, -0.25) is 15.1 Å². The zero-order valence-corrected chi connectivity index (χ0v) is 27.5. The first kappa shape index (κ1) is 33.1. The second-order valence-electron chi connectivity index (χ2n) is 12.5. The van der Waals surface area contributed by atoms with Gasteiger partial charge in [0.2, 0.25) is 0 Å². The summed E-state index contributed by atoms with van der Waals surface area (Å²) in [5, 5.41) is 7.69. The van der Waals surface area contributed by atoms with Crippen molar-refractivity contribution in [2.24, 2.45) is 11.5 Å². The van der Waals surface area contributed by atoms with Crippen LogP contribution in [0.25, 0.3) is 11.0 Å². The molecule has 2 heterocycles. The lowest BCUT2D eigenvalue weighted by Gasteiger charge is -2.26. The highest BCUT2D eigenvalue weighted by Gasteiger charge is 2.20. The van der Waals surface area contributed by atoms with Crippen LogP contribution in [0.5, 0.6) is 0 Å². The Balaban J connectivity index is 1.26. The van der Waals surface area contributed by atoms with Crippen LogP contribution >= 0.6 is 0 Å². The molecule has 6 rings (SSSR count). The lowest BCUT2D eigenvalue weighted by atomic mass is 10.1.